The van der Waals surface area contributed by atoms with Gasteiger partial charge in [0.15, 0.2) is 0 Å². The molecule has 0 aliphatic rings. The lowest BCUT2D eigenvalue weighted by Gasteiger charge is -2.25. The fraction of sp³-hybridized carbons (Fsp3) is 0.520. The third-order valence-corrected chi connectivity index (χ3v) is 5.79. The Labute approximate surface area is 210 Å². The summed E-state index contributed by atoms with van der Waals surface area (Å²) in [4.78, 5) is 52.5. The predicted molar refractivity (Wildman–Crippen MR) is 137 cm³/mol. The van der Waals surface area contributed by atoms with Crippen molar-refractivity contribution in [1.82, 2.24) is 20.9 Å². The van der Waals surface area contributed by atoms with Crippen molar-refractivity contribution in [3.8, 4) is 0 Å². The highest BCUT2D eigenvalue weighted by Gasteiger charge is 2.28. The maximum absolute atomic E-state index is 13.1. The molecule has 11 heteroatoms. The van der Waals surface area contributed by atoms with E-state index in [9.17, 15) is 19.2 Å². The van der Waals surface area contributed by atoms with E-state index in [1.54, 1.807) is 0 Å². The summed E-state index contributed by atoms with van der Waals surface area (Å²) in [5.41, 5.74) is 13.6. The molecule has 1 aromatic carbocycles. The highest BCUT2D eigenvalue weighted by molar-refractivity contribution is 5.94. The smallest absolute Gasteiger partial charge is 0.322 e. The molecule has 3 atom stereocenters. The van der Waals surface area contributed by atoms with Crippen LogP contribution in [0.25, 0.3) is 10.9 Å². The molecule has 3 unspecified atom stereocenters. The van der Waals surface area contributed by atoms with Crippen molar-refractivity contribution in [3.05, 3.63) is 36.0 Å². The highest BCUT2D eigenvalue weighted by Crippen LogP contribution is 2.19. The molecule has 36 heavy (non-hydrogen) atoms. The van der Waals surface area contributed by atoms with Crippen molar-refractivity contribution >= 4 is 34.6 Å². The number of nitrogens with one attached hydrogen (secondary N) is 4. The number of hydrogen-bond donors (Lipinski definition) is 7. The van der Waals surface area contributed by atoms with Gasteiger partial charge in [0.2, 0.25) is 17.7 Å². The molecule has 0 fully saturated rings. The molecule has 2 rings (SSSR count). The zero-order valence-electron chi connectivity index (χ0n) is 20.9. The lowest BCUT2D eigenvalue weighted by Crippen LogP contribution is -2.56. The van der Waals surface area contributed by atoms with Crippen molar-refractivity contribution in [1.29, 1.82) is 0 Å². The van der Waals surface area contributed by atoms with E-state index in [2.05, 4.69) is 20.9 Å². The van der Waals surface area contributed by atoms with Gasteiger partial charge in [-0.2, -0.15) is 0 Å². The number of amides is 3. The first-order chi connectivity index (χ1) is 17.1. The van der Waals surface area contributed by atoms with Gasteiger partial charge in [-0.3, -0.25) is 19.2 Å². The molecule has 1 heterocycles. The van der Waals surface area contributed by atoms with Gasteiger partial charge in [-0.15, -0.1) is 0 Å². The molecule has 2 aromatic rings. The van der Waals surface area contributed by atoms with E-state index in [0.717, 1.165) is 16.5 Å². The van der Waals surface area contributed by atoms with Gasteiger partial charge in [0.05, 0.1) is 6.04 Å². The van der Waals surface area contributed by atoms with Crippen LogP contribution >= 0.6 is 0 Å². The Hall–Kier alpha value is -3.44. The third kappa shape index (κ3) is 8.97. The second-order valence-electron chi connectivity index (χ2n) is 9.32. The number of benzene rings is 1. The molecule has 0 radical (unpaired) electrons. The molecular weight excluding hydrogens is 464 g/mol. The number of aliphatic carboxylic acids is 1. The van der Waals surface area contributed by atoms with Crippen molar-refractivity contribution in [2.45, 2.75) is 64.1 Å². The number of aromatic nitrogens is 1. The molecule has 0 spiro atoms. The number of carbonyl (C=O) groups excluding carboxylic acids is 3. The summed E-state index contributed by atoms with van der Waals surface area (Å²) in [5, 5.41) is 17.5. The molecule has 0 saturated carbocycles. The number of unbranched alkanes of at least 4 members (excludes halogenated alkanes) is 1. The number of carboxylic acids is 1. The molecular formula is C25H38N6O5. The SMILES string of the molecule is CC(C)CC(NC(=O)C(CCCCN)NC(=O)C(N)Cc1c[nH]c2ccccc12)C(=O)NCC(=O)O. The van der Waals surface area contributed by atoms with Gasteiger partial charge in [-0.05, 0) is 56.2 Å². The first-order valence-electron chi connectivity index (χ1n) is 12.2. The van der Waals surface area contributed by atoms with Crippen LogP contribution in [0.3, 0.4) is 0 Å². The standard InChI is InChI=1S/C25H38N6O5/c1-15(2)11-21(24(35)29-14-22(32)33)31-25(36)20(9-5-6-10-26)30-23(34)18(27)12-16-13-28-19-8-4-3-7-17(16)19/h3-4,7-8,13,15,18,20-21,28H,5-6,9-12,14,26-27H2,1-2H3,(H,29,35)(H,30,34)(H,31,36)(H,32,33). The normalized spacial score (nSPS) is 13.7. The monoisotopic (exact) mass is 502 g/mol. The summed E-state index contributed by atoms with van der Waals surface area (Å²) < 4.78 is 0. The van der Waals surface area contributed by atoms with Crippen LogP contribution in [0.2, 0.25) is 0 Å². The number of aromatic amines is 1. The molecule has 198 valence electrons. The van der Waals surface area contributed by atoms with E-state index < -0.39 is 48.4 Å². The van der Waals surface area contributed by atoms with E-state index in [-0.39, 0.29) is 12.3 Å². The molecule has 9 N–H and O–H groups in total. The van der Waals surface area contributed by atoms with Crippen LogP contribution in [0.1, 0.15) is 45.1 Å². The number of H-pyrrole nitrogens is 1. The van der Waals surface area contributed by atoms with Gasteiger partial charge >= 0.3 is 5.97 Å². The van der Waals surface area contributed by atoms with Gasteiger partial charge in [0.1, 0.15) is 18.6 Å². The quantitative estimate of drug-likeness (QED) is 0.171. The lowest BCUT2D eigenvalue weighted by molar-refractivity contribution is -0.138. The van der Waals surface area contributed by atoms with E-state index in [1.807, 2.05) is 44.3 Å². The maximum atomic E-state index is 13.1. The van der Waals surface area contributed by atoms with Gasteiger partial charge in [0.25, 0.3) is 0 Å². The minimum absolute atomic E-state index is 0.0563. The van der Waals surface area contributed by atoms with Crippen molar-refractivity contribution < 1.29 is 24.3 Å². The van der Waals surface area contributed by atoms with Gasteiger partial charge < -0.3 is 37.5 Å². The number of carboxylic acid groups (broad SMARTS) is 1. The number of rotatable bonds is 15. The maximum Gasteiger partial charge on any atom is 0.322 e. The van der Waals surface area contributed by atoms with E-state index in [0.29, 0.717) is 32.2 Å². The van der Waals surface area contributed by atoms with Gasteiger partial charge in [0, 0.05) is 17.1 Å². The molecule has 0 saturated heterocycles. The second-order valence-corrected chi connectivity index (χ2v) is 9.32. The average Bonchev–Trinajstić information content (AvgIpc) is 3.23. The van der Waals surface area contributed by atoms with E-state index in [1.165, 1.54) is 0 Å². The van der Waals surface area contributed by atoms with Gasteiger partial charge in [-0.25, -0.2) is 0 Å². The number of carbonyl (C=O) groups is 4. The fourth-order valence-corrected chi connectivity index (χ4v) is 3.93. The summed E-state index contributed by atoms with van der Waals surface area (Å²) in [6.07, 6.45) is 3.97. The second kappa shape index (κ2) is 14.2. The Morgan fingerprint density at radius 2 is 1.69 bits per heavy atom. The number of hydrogen-bond acceptors (Lipinski definition) is 6. The van der Waals surface area contributed by atoms with Crippen molar-refractivity contribution in [2.75, 3.05) is 13.1 Å². The average molecular weight is 503 g/mol. The molecule has 0 aliphatic carbocycles. The minimum atomic E-state index is -1.19. The highest BCUT2D eigenvalue weighted by atomic mass is 16.4. The molecule has 3 amide bonds. The van der Waals surface area contributed by atoms with Crippen molar-refractivity contribution in [3.63, 3.8) is 0 Å². The van der Waals surface area contributed by atoms with Crippen LogP contribution in [0.5, 0.6) is 0 Å². The number of fused-ring (bicyclic) bond motifs is 1. The van der Waals surface area contributed by atoms with E-state index >= 15 is 0 Å². The minimum Gasteiger partial charge on any atom is -0.480 e. The fourth-order valence-electron chi connectivity index (χ4n) is 3.93. The van der Waals surface area contributed by atoms with Crippen LogP contribution in [-0.4, -0.2) is 65.0 Å². The Balaban J connectivity index is 2.08. The zero-order chi connectivity index (χ0) is 26.7. The summed E-state index contributed by atoms with van der Waals surface area (Å²) in [6.45, 7) is 3.65. The Morgan fingerprint density at radius 1 is 1.00 bits per heavy atom. The molecule has 0 aliphatic heterocycles. The molecule has 1 aromatic heterocycles. The predicted octanol–water partition coefficient (Wildman–Crippen LogP) is 0.383. The molecule has 0 bridgehead atoms. The number of para-hydroxylation sites is 1. The molecule has 11 nitrogen and oxygen atoms in total. The summed E-state index contributed by atoms with van der Waals surface area (Å²) in [5.74, 6) is -2.74. The largest absolute Gasteiger partial charge is 0.480 e. The number of nitrogens with two attached hydrogens (primary N) is 2. The van der Waals surface area contributed by atoms with Crippen LogP contribution in [-0.2, 0) is 25.6 Å². The summed E-state index contributed by atoms with van der Waals surface area (Å²) >= 11 is 0. The lowest BCUT2D eigenvalue weighted by atomic mass is 10.0. The van der Waals surface area contributed by atoms with Gasteiger partial charge in [-0.1, -0.05) is 32.0 Å². The Bertz CT molecular complexity index is 1040. The Morgan fingerprint density at radius 3 is 2.36 bits per heavy atom. The van der Waals surface area contributed by atoms with E-state index in [4.69, 9.17) is 16.6 Å². The van der Waals surface area contributed by atoms with Crippen molar-refractivity contribution in [2.24, 2.45) is 17.4 Å². The summed E-state index contributed by atoms with van der Waals surface area (Å²) in [7, 11) is 0. The Kier molecular flexibility index (Phi) is 11.4. The third-order valence-electron chi connectivity index (χ3n) is 5.79. The first-order valence-corrected chi connectivity index (χ1v) is 12.2. The van der Waals surface area contributed by atoms with Crippen LogP contribution < -0.4 is 27.4 Å². The first kappa shape index (κ1) is 28.8. The van der Waals surface area contributed by atoms with Crippen LogP contribution in [0, 0.1) is 5.92 Å². The zero-order valence-corrected chi connectivity index (χ0v) is 20.9. The topological polar surface area (TPSA) is 192 Å². The summed E-state index contributed by atoms with van der Waals surface area (Å²) in [6, 6.07) is 4.95. The van der Waals surface area contributed by atoms with Crippen LogP contribution in [0.15, 0.2) is 30.5 Å². The van der Waals surface area contributed by atoms with Crippen LogP contribution in [0.4, 0.5) is 0 Å².